The van der Waals surface area contributed by atoms with E-state index in [1.807, 2.05) is 12.1 Å². The SMILES string of the molecule is COc1cc(CC[C@H](O)C2([C@@H](O)CCc3ccc(O)c(OC4CCCCC4)c3)CCCC2)cc(OC)c1O. The highest BCUT2D eigenvalue weighted by atomic mass is 16.5. The van der Waals surface area contributed by atoms with Crippen molar-refractivity contribution in [1.82, 2.24) is 0 Å². The van der Waals surface area contributed by atoms with Gasteiger partial charge in [-0.05, 0) is 99.6 Å². The van der Waals surface area contributed by atoms with Crippen LogP contribution < -0.4 is 14.2 Å². The molecule has 0 unspecified atom stereocenters. The third-order valence-corrected chi connectivity index (χ3v) is 8.68. The van der Waals surface area contributed by atoms with E-state index in [-0.39, 0.29) is 17.6 Å². The molecular weight excluding hydrogens is 484 g/mol. The highest BCUT2D eigenvalue weighted by Crippen LogP contribution is 2.47. The van der Waals surface area contributed by atoms with Gasteiger partial charge in [-0.25, -0.2) is 0 Å². The molecule has 2 aromatic rings. The van der Waals surface area contributed by atoms with Gasteiger partial charge in [-0.2, -0.15) is 0 Å². The molecule has 2 aliphatic carbocycles. The standard InChI is InChI=1S/C31H44O7/c1-36-26-19-22(20-27(37-2)30(26)35)12-15-29(34)31(16-6-7-17-31)28(33)14-11-21-10-13-24(32)25(18-21)38-23-8-4-3-5-9-23/h10,13,18-20,23,28-29,32-35H,3-9,11-12,14-17H2,1-2H3/t28-,29-/m0/s1. The Morgan fingerprint density at radius 2 is 1.32 bits per heavy atom. The van der Waals surface area contributed by atoms with Crippen LogP contribution in [0.1, 0.15) is 81.8 Å². The Morgan fingerprint density at radius 1 is 0.763 bits per heavy atom. The van der Waals surface area contributed by atoms with Crippen molar-refractivity contribution in [2.75, 3.05) is 14.2 Å². The van der Waals surface area contributed by atoms with Gasteiger partial charge in [0.1, 0.15) is 0 Å². The van der Waals surface area contributed by atoms with Crippen LogP contribution in [-0.2, 0) is 12.8 Å². The van der Waals surface area contributed by atoms with Gasteiger partial charge in [-0.15, -0.1) is 0 Å². The van der Waals surface area contributed by atoms with Gasteiger partial charge in [0.2, 0.25) is 5.75 Å². The lowest BCUT2D eigenvalue weighted by atomic mass is 9.72. The predicted octanol–water partition coefficient (Wildman–Crippen LogP) is 5.67. The van der Waals surface area contributed by atoms with Crippen LogP contribution in [-0.4, -0.2) is 53.0 Å². The molecule has 4 rings (SSSR count). The summed E-state index contributed by atoms with van der Waals surface area (Å²) < 4.78 is 16.7. The molecule has 210 valence electrons. The topological polar surface area (TPSA) is 109 Å². The summed E-state index contributed by atoms with van der Waals surface area (Å²) >= 11 is 0. The summed E-state index contributed by atoms with van der Waals surface area (Å²) in [5, 5.41) is 43.3. The Hall–Kier alpha value is -2.64. The lowest BCUT2D eigenvalue weighted by Crippen LogP contribution is -2.43. The molecule has 2 aromatic carbocycles. The van der Waals surface area contributed by atoms with Crippen molar-refractivity contribution in [2.45, 2.75) is 102 Å². The number of hydrogen-bond donors (Lipinski definition) is 4. The zero-order valence-electron chi connectivity index (χ0n) is 22.8. The highest BCUT2D eigenvalue weighted by Gasteiger charge is 2.45. The van der Waals surface area contributed by atoms with E-state index in [1.54, 1.807) is 18.2 Å². The molecule has 0 radical (unpaired) electrons. The minimum Gasteiger partial charge on any atom is -0.504 e. The number of rotatable bonds is 12. The Kier molecular flexibility index (Phi) is 9.66. The summed E-state index contributed by atoms with van der Waals surface area (Å²) in [4.78, 5) is 0. The van der Waals surface area contributed by atoms with Crippen LogP contribution in [0.4, 0.5) is 0 Å². The number of hydrogen-bond acceptors (Lipinski definition) is 7. The van der Waals surface area contributed by atoms with E-state index in [4.69, 9.17) is 14.2 Å². The molecule has 0 spiro atoms. The van der Waals surface area contributed by atoms with E-state index < -0.39 is 17.6 Å². The molecule has 0 aliphatic heterocycles. The minimum atomic E-state index is -0.657. The number of aliphatic hydroxyl groups is 2. The van der Waals surface area contributed by atoms with Gasteiger partial charge in [0.25, 0.3) is 0 Å². The van der Waals surface area contributed by atoms with Crippen LogP contribution in [0, 0.1) is 5.41 Å². The maximum Gasteiger partial charge on any atom is 0.200 e. The zero-order chi connectivity index (χ0) is 27.1. The Labute approximate surface area is 226 Å². The minimum absolute atomic E-state index is 0.0384. The van der Waals surface area contributed by atoms with Crippen LogP contribution in [0.5, 0.6) is 28.7 Å². The number of methoxy groups -OCH3 is 2. The third kappa shape index (κ3) is 6.49. The van der Waals surface area contributed by atoms with E-state index in [9.17, 15) is 20.4 Å². The maximum atomic E-state index is 11.4. The Morgan fingerprint density at radius 3 is 1.89 bits per heavy atom. The second-order valence-corrected chi connectivity index (χ2v) is 11.1. The van der Waals surface area contributed by atoms with Crippen LogP contribution in [0.15, 0.2) is 30.3 Å². The summed E-state index contributed by atoms with van der Waals surface area (Å²) in [6.45, 7) is 0. The van der Waals surface area contributed by atoms with Crippen molar-refractivity contribution in [1.29, 1.82) is 0 Å². The molecule has 2 aliphatic rings. The zero-order valence-corrected chi connectivity index (χ0v) is 22.8. The molecule has 0 amide bonds. The molecule has 0 saturated heterocycles. The average Bonchev–Trinajstić information content (AvgIpc) is 3.44. The van der Waals surface area contributed by atoms with Gasteiger partial charge in [0.15, 0.2) is 23.0 Å². The molecule has 7 nitrogen and oxygen atoms in total. The van der Waals surface area contributed by atoms with Crippen molar-refractivity contribution < 1.29 is 34.6 Å². The highest BCUT2D eigenvalue weighted by molar-refractivity contribution is 5.52. The van der Waals surface area contributed by atoms with Crippen molar-refractivity contribution in [3.05, 3.63) is 41.5 Å². The lowest BCUT2D eigenvalue weighted by molar-refractivity contribution is -0.0728. The van der Waals surface area contributed by atoms with E-state index in [1.165, 1.54) is 20.6 Å². The Balaban J connectivity index is 1.39. The quantitative estimate of drug-likeness (QED) is 0.281. The first kappa shape index (κ1) is 28.4. The van der Waals surface area contributed by atoms with Crippen molar-refractivity contribution in [3.8, 4) is 28.7 Å². The van der Waals surface area contributed by atoms with Crippen molar-refractivity contribution in [2.24, 2.45) is 5.41 Å². The van der Waals surface area contributed by atoms with Crippen molar-refractivity contribution >= 4 is 0 Å². The molecular formula is C31H44O7. The number of aromatic hydroxyl groups is 2. The molecule has 7 heteroatoms. The number of phenolic OH excluding ortho intramolecular Hbond substituents is 2. The van der Waals surface area contributed by atoms with Crippen LogP contribution in [0.3, 0.4) is 0 Å². The number of benzene rings is 2. The first-order chi connectivity index (χ1) is 18.4. The second kappa shape index (κ2) is 12.9. The molecule has 0 aromatic heterocycles. The summed E-state index contributed by atoms with van der Waals surface area (Å²) in [6.07, 6.45) is 10.3. The number of phenols is 2. The van der Waals surface area contributed by atoms with E-state index >= 15 is 0 Å². The number of ether oxygens (including phenoxy) is 3. The fourth-order valence-corrected chi connectivity index (χ4v) is 6.37. The molecule has 38 heavy (non-hydrogen) atoms. The molecule has 2 fully saturated rings. The Bertz CT molecular complexity index is 1020. The normalized spacial score (nSPS) is 19.2. The molecule has 4 N–H and O–H groups in total. The third-order valence-electron chi connectivity index (χ3n) is 8.68. The molecule has 2 saturated carbocycles. The van der Waals surface area contributed by atoms with Gasteiger partial charge in [0, 0.05) is 5.41 Å². The second-order valence-electron chi connectivity index (χ2n) is 11.1. The first-order valence-corrected chi connectivity index (χ1v) is 14.1. The first-order valence-electron chi connectivity index (χ1n) is 14.1. The summed E-state index contributed by atoms with van der Waals surface area (Å²) in [6, 6.07) is 9.00. The number of aliphatic hydroxyl groups excluding tert-OH is 2. The van der Waals surface area contributed by atoms with Crippen molar-refractivity contribution in [3.63, 3.8) is 0 Å². The van der Waals surface area contributed by atoms with Crippen LogP contribution >= 0.6 is 0 Å². The number of aryl methyl sites for hydroxylation is 2. The summed E-state index contributed by atoms with van der Waals surface area (Å²) in [5.41, 5.74) is 1.37. The van der Waals surface area contributed by atoms with Crippen LogP contribution in [0.2, 0.25) is 0 Å². The van der Waals surface area contributed by atoms with Crippen LogP contribution in [0.25, 0.3) is 0 Å². The monoisotopic (exact) mass is 528 g/mol. The summed E-state index contributed by atoms with van der Waals surface area (Å²) in [5.74, 6) is 1.32. The molecule has 2 atom stereocenters. The van der Waals surface area contributed by atoms with Gasteiger partial charge >= 0.3 is 0 Å². The predicted molar refractivity (Wildman–Crippen MR) is 146 cm³/mol. The molecule has 0 heterocycles. The average molecular weight is 529 g/mol. The van der Waals surface area contributed by atoms with Gasteiger partial charge in [-0.1, -0.05) is 25.3 Å². The van der Waals surface area contributed by atoms with E-state index in [0.29, 0.717) is 42.9 Å². The fourth-order valence-electron chi connectivity index (χ4n) is 6.37. The van der Waals surface area contributed by atoms with Gasteiger partial charge in [0.05, 0.1) is 32.5 Å². The lowest BCUT2D eigenvalue weighted by Gasteiger charge is -2.39. The van der Waals surface area contributed by atoms with Gasteiger partial charge < -0.3 is 34.6 Å². The van der Waals surface area contributed by atoms with E-state index in [0.717, 1.165) is 62.5 Å². The molecule has 0 bridgehead atoms. The summed E-state index contributed by atoms with van der Waals surface area (Å²) in [7, 11) is 2.99. The largest absolute Gasteiger partial charge is 0.504 e. The van der Waals surface area contributed by atoms with E-state index in [2.05, 4.69) is 0 Å². The smallest absolute Gasteiger partial charge is 0.200 e. The fraction of sp³-hybridized carbons (Fsp3) is 0.613. The van der Waals surface area contributed by atoms with Gasteiger partial charge in [-0.3, -0.25) is 0 Å². The maximum absolute atomic E-state index is 11.4.